The molecule has 6 heteroatoms. The van der Waals surface area contributed by atoms with Crippen LogP contribution in [0.3, 0.4) is 0 Å². The van der Waals surface area contributed by atoms with E-state index in [0.29, 0.717) is 23.2 Å². The SMILES string of the molecule is CC(N)(c1nc(Cc2ccc(F)cc2F)no1)C1CC1. The summed E-state index contributed by atoms with van der Waals surface area (Å²) in [5, 5.41) is 3.82. The highest BCUT2D eigenvalue weighted by molar-refractivity contribution is 5.22. The predicted octanol–water partition coefficient (Wildman–Crippen LogP) is 2.52. The van der Waals surface area contributed by atoms with Crippen LogP contribution in [0.2, 0.25) is 0 Å². The number of rotatable bonds is 4. The summed E-state index contributed by atoms with van der Waals surface area (Å²) in [6, 6.07) is 3.42. The normalized spacial score (nSPS) is 18.0. The highest BCUT2D eigenvalue weighted by atomic mass is 19.1. The topological polar surface area (TPSA) is 64.9 Å². The molecule has 1 fully saturated rings. The average Bonchev–Trinajstić information content (AvgIpc) is 3.14. The lowest BCUT2D eigenvalue weighted by Gasteiger charge is -2.18. The van der Waals surface area contributed by atoms with Crippen molar-refractivity contribution in [3.63, 3.8) is 0 Å². The number of hydrogen-bond acceptors (Lipinski definition) is 4. The smallest absolute Gasteiger partial charge is 0.246 e. The number of halogens is 2. The molecule has 1 heterocycles. The van der Waals surface area contributed by atoms with E-state index in [2.05, 4.69) is 10.1 Å². The van der Waals surface area contributed by atoms with Gasteiger partial charge in [-0.15, -0.1) is 0 Å². The molecule has 2 N–H and O–H groups in total. The minimum atomic E-state index is -0.632. The van der Waals surface area contributed by atoms with E-state index >= 15 is 0 Å². The zero-order valence-corrected chi connectivity index (χ0v) is 11.1. The Balaban J connectivity index is 1.80. The molecule has 106 valence electrons. The molecule has 2 aromatic rings. The Morgan fingerprint density at radius 3 is 2.80 bits per heavy atom. The highest BCUT2D eigenvalue weighted by Gasteiger charge is 2.43. The van der Waals surface area contributed by atoms with E-state index in [1.807, 2.05) is 6.92 Å². The Kier molecular flexibility index (Phi) is 3.05. The molecule has 1 saturated carbocycles. The van der Waals surface area contributed by atoms with Gasteiger partial charge in [-0.05, 0) is 37.3 Å². The van der Waals surface area contributed by atoms with Crippen LogP contribution in [0.15, 0.2) is 22.7 Å². The molecule has 1 unspecified atom stereocenters. The summed E-state index contributed by atoms with van der Waals surface area (Å²) in [5.74, 6) is -0.143. The zero-order chi connectivity index (χ0) is 14.3. The Bertz CT molecular complexity index is 635. The van der Waals surface area contributed by atoms with Crippen LogP contribution in [0.25, 0.3) is 0 Å². The first-order chi connectivity index (χ1) is 9.46. The fourth-order valence-electron chi connectivity index (χ4n) is 2.24. The largest absolute Gasteiger partial charge is 0.337 e. The van der Waals surface area contributed by atoms with Crippen LogP contribution in [0.1, 0.15) is 37.0 Å². The van der Waals surface area contributed by atoms with E-state index in [0.717, 1.165) is 18.9 Å². The van der Waals surface area contributed by atoms with Crippen molar-refractivity contribution in [1.29, 1.82) is 0 Å². The van der Waals surface area contributed by atoms with Crippen LogP contribution in [0.4, 0.5) is 8.78 Å². The number of nitrogens with two attached hydrogens (primary N) is 1. The van der Waals surface area contributed by atoms with Crippen molar-refractivity contribution in [3.05, 3.63) is 47.1 Å². The Morgan fingerprint density at radius 2 is 2.15 bits per heavy atom. The lowest BCUT2D eigenvalue weighted by atomic mass is 9.97. The molecule has 1 aromatic carbocycles. The van der Waals surface area contributed by atoms with Gasteiger partial charge >= 0.3 is 0 Å². The molecular formula is C14H15F2N3O. The molecule has 0 amide bonds. The Morgan fingerprint density at radius 1 is 1.40 bits per heavy atom. The Hall–Kier alpha value is -1.82. The van der Waals surface area contributed by atoms with Crippen LogP contribution >= 0.6 is 0 Å². The predicted molar refractivity (Wildman–Crippen MR) is 67.7 cm³/mol. The van der Waals surface area contributed by atoms with Gasteiger partial charge in [0.1, 0.15) is 11.6 Å². The lowest BCUT2D eigenvalue weighted by Crippen LogP contribution is -2.35. The lowest BCUT2D eigenvalue weighted by molar-refractivity contribution is 0.272. The van der Waals surface area contributed by atoms with E-state index < -0.39 is 17.2 Å². The molecular weight excluding hydrogens is 264 g/mol. The van der Waals surface area contributed by atoms with Crippen molar-refractivity contribution < 1.29 is 13.3 Å². The maximum absolute atomic E-state index is 13.6. The van der Waals surface area contributed by atoms with Gasteiger partial charge in [0.25, 0.3) is 0 Å². The first-order valence-electron chi connectivity index (χ1n) is 6.52. The van der Waals surface area contributed by atoms with Crippen LogP contribution in [-0.4, -0.2) is 10.1 Å². The number of hydrogen-bond donors (Lipinski definition) is 1. The van der Waals surface area contributed by atoms with Crippen molar-refractivity contribution in [2.24, 2.45) is 11.7 Å². The third kappa shape index (κ3) is 2.43. The molecule has 1 aliphatic carbocycles. The van der Waals surface area contributed by atoms with Crippen molar-refractivity contribution in [2.45, 2.75) is 31.7 Å². The monoisotopic (exact) mass is 279 g/mol. The molecule has 0 aliphatic heterocycles. The molecule has 1 aromatic heterocycles. The quantitative estimate of drug-likeness (QED) is 0.934. The Labute approximate surface area is 115 Å². The van der Waals surface area contributed by atoms with Crippen LogP contribution in [0, 0.1) is 17.6 Å². The van der Waals surface area contributed by atoms with Crippen LogP contribution in [-0.2, 0) is 12.0 Å². The van der Waals surface area contributed by atoms with Crippen molar-refractivity contribution in [3.8, 4) is 0 Å². The summed E-state index contributed by atoms with van der Waals surface area (Å²) in [4.78, 5) is 4.24. The summed E-state index contributed by atoms with van der Waals surface area (Å²) < 4.78 is 31.6. The summed E-state index contributed by atoms with van der Waals surface area (Å²) in [6.45, 7) is 1.86. The fraction of sp³-hybridized carbons (Fsp3) is 0.429. The van der Waals surface area contributed by atoms with Crippen molar-refractivity contribution in [1.82, 2.24) is 10.1 Å². The molecule has 3 rings (SSSR count). The first-order valence-corrected chi connectivity index (χ1v) is 6.52. The molecule has 0 bridgehead atoms. The van der Waals surface area contributed by atoms with Crippen molar-refractivity contribution in [2.75, 3.05) is 0 Å². The first kappa shape index (κ1) is 13.2. The van der Waals surface area contributed by atoms with Crippen LogP contribution < -0.4 is 5.73 Å². The van der Waals surface area contributed by atoms with Gasteiger partial charge in [-0.25, -0.2) is 8.78 Å². The minimum absolute atomic E-state index is 0.149. The molecule has 4 nitrogen and oxygen atoms in total. The molecule has 0 saturated heterocycles. The van der Waals surface area contributed by atoms with Crippen molar-refractivity contribution >= 4 is 0 Å². The van der Waals surface area contributed by atoms with Gasteiger partial charge in [0, 0.05) is 12.5 Å². The maximum atomic E-state index is 13.6. The third-order valence-corrected chi connectivity index (χ3v) is 3.72. The third-order valence-electron chi connectivity index (χ3n) is 3.72. The summed E-state index contributed by atoms with van der Waals surface area (Å²) in [7, 11) is 0. The van der Waals surface area contributed by atoms with Gasteiger partial charge in [-0.1, -0.05) is 11.2 Å². The summed E-state index contributed by atoms with van der Waals surface area (Å²) in [6.07, 6.45) is 2.25. The molecule has 0 spiro atoms. The molecule has 0 radical (unpaired) electrons. The van der Waals surface area contributed by atoms with Gasteiger partial charge in [0.05, 0.1) is 5.54 Å². The standard InChI is InChI=1S/C14H15F2N3O/c1-14(17,9-3-4-9)13-18-12(19-20-13)6-8-2-5-10(15)7-11(8)16/h2,5,7,9H,3-4,6,17H2,1H3. The van der Waals surface area contributed by atoms with Gasteiger partial charge in [0.2, 0.25) is 5.89 Å². The number of aromatic nitrogens is 2. The molecule has 1 atom stereocenters. The van der Waals surface area contributed by atoms with Gasteiger partial charge in [-0.2, -0.15) is 4.98 Å². The number of benzene rings is 1. The average molecular weight is 279 g/mol. The van der Waals surface area contributed by atoms with Gasteiger partial charge in [-0.3, -0.25) is 0 Å². The van der Waals surface area contributed by atoms with E-state index in [9.17, 15) is 8.78 Å². The van der Waals surface area contributed by atoms with Gasteiger partial charge < -0.3 is 10.3 Å². The second-order valence-electron chi connectivity index (χ2n) is 5.49. The van der Waals surface area contributed by atoms with E-state index in [-0.39, 0.29) is 6.42 Å². The maximum Gasteiger partial charge on any atom is 0.246 e. The second kappa shape index (κ2) is 4.63. The van der Waals surface area contributed by atoms with Gasteiger partial charge in [0.15, 0.2) is 5.82 Å². The van der Waals surface area contributed by atoms with Crippen LogP contribution in [0.5, 0.6) is 0 Å². The fourth-order valence-corrected chi connectivity index (χ4v) is 2.24. The minimum Gasteiger partial charge on any atom is -0.337 e. The molecule has 1 aliphatic rings. The van der Waals surface area contributed by atoms with E-state index in [1.54, 1.807) is 0 Å². The van der Waals surface area contributed by atoms with E-state index in [4.69, 9.17) is 10.3 Å². The number of nitrogens with zero attached hydrogens (tertiary/aromatic N) is 2. The van der Waals surface area contributed by atoms with E-state index in [1.165, 1.54) is 12.1 Å². The summed E-state index contributed by atoms with van der Waals surface area (Å²) >= 11 is 0. The zero-order valence-electron chi connectivity index (χ0n) is 11.1. The summed E-state index contributed by atoms with van der Waals surface area (Å²) in [5.41, 5.74) is 5.87. The molecule has 20 heavy (non-hydrogen) atoms. The second-order valence-corrected chi connectivity index (χ2v) is 5.49. The highest BCUT2D eigenvalue weighted by Crippen LogP contribution is 2.43.